The van der Waals surface area contributed by atoms with Gasteiger partial charge < -0.3 is 10.0 Å². The first kappa shape index (κ1) is 21.0. The monoisotopic (exact) mass is 478 g/mol. The second kappa shape index (κ2) is 8.97. The molecule has 3 heterocycles. The van der Waals surface area contributed by atoms with Crippen LogP contribution in [0.2, 0.25) is 0 Å². The van der Waals surface area contributed by atoms with Crippen molar-refractivity contribution in [2.75, 3.05) is 35.4 Å². The molecule has 33 heavy (non-hydrogen) atoms. The SMILES string of the molecule is N#Cc1cnn(-c2ncsn2)c1NNc1c(O)c(C(=O)N2CCSCC2)cc2ccccc12. The van der Waals surface area contributed by atoms with E-state index in [9.17, 15) is 15.2 Å². The van der Waals surface area contributed by atoms with E-state index in [1.165, 1.54) is 10.9 Å². The normalized spacial score (nSPS) is 13.6. The van der Waals surface area contributed by atoms with Crippen LogP contribution in [0.4, 0.5) is 11.5 Å². The van der Waals surface area contributed by atoms with Crippen molar-refractivity contribution in [2.24, 2.45) is 0 Å². The molecule has 1 saturated heterocycles. The lowest BCUT2D eigenvalue weighted by molar-refractivity contribution is 0.0769. The van der Waals surface area contributed by atoms with Gasteiger partial charge in [0.1, 0.15) is 22.8 Å². The lowest BCUT2D eigenvalue weighted by Gasteiger charge is -2.27. The van der Waals surface area contributed by atoms with Crippen LogP contribution in [0.3, 0.4) is 0 Å². The van der Waals surface area contributed by atoms with Gasteiger partial charge >= 0.3 is 0 Å². The van der Waals surface area contributed by atoms with Crippen molar-refractivity contribution < 1.29 is 9.90 Å². The van der Waals surface area contributed by atoms with E-state index < -0.39 is 0 Å². The number of fused-ring (bicyclic) bond motifs is 1. The summed E-state index contributed by atoms with van der Waals surface area (Å²) < 4.78 is 5.55. The summed E-state index contributed by atoms with van der Waals surface area (Å²) in [6.07, 6.45) is 1.40. The number of hydrogen-bond donors (Lipinski definition) is 3. The lowest BCUT2D eigenvalue weighted by Crippen LogP contribution is -2.38. The predicted octanol–water partition coefficient (Wildman–Crippen LogP) is 3.08. The van der Waals surface area contributed by atoms with Crippen molar-refractivity contribution in [1.29, 1.82) is 5.26 Å². The van der Waals surface area contributed by atoms with Gasteiger partial charge in [-0.25, -0.2) is 4.98 Å². The maximum absolute atomic E-state index is 13.2. The number of benzene rings is 2. The summed E-state index contributed by atoms with van der Waals surface area (Å²) in [5, 5.41) is 26.3. The zero-order valence-corrected chi connectivity index (χ0v) is 18.9. The molecule has 0 aliphatic carbocycles. The maximum Gasteiger partial charge on any atom is 0.264 e. The van der Waals surface area contributed by atoms with Gasteiger partial charge in [0, 0.05) is 30.0 Å². The number of aromatic nitrogens is 4. The number of rotatable bonds is 5. The van der Waals surface area contributed by atoms with Gasteiger partial charge in [0.05, 0.1) is 11.8 Å². The largest absolute Gasteiger partial charge is 0.505 e. The van der Waals surface area contributed by atoms with Crippen molar-refractivity contribution in [1.82, 2.24) is 24.0 Å². The molecule has 2 aromatic carbocycles. The molecule has 0 saturated carbocycles. The molecule has 1 aliphatic rings. The van der Waals surface area contributed by atoms with E-state index in [4.69, 9.17) is 0 Å². The van der Waals surface area contributed by atoms with Crippen LogP contribution in [0.25, 0.3) is 16.7 Å². The fourth-order valence-electron chi connectivity index (χ4n) is 3.65. The zero-order chi connectivity index (χ0) is 22.8. The second-order valence-corrected chi connectivity index (χ2v) is 9.01. The van der Waals surface area contributed by atoms with Gasteiger partial charge in [0.2, 0.25) is 0 Å². The molecule has 0 bridgehead atoms. The highest BCUT2D eigenvalue weighted by Gasteiger charge is 2.24. The molecule has 2 aromatic heterocycles. The van der Waals surface area contributed by atoms with Crippen LogP contribution in [0.1, 0.15) is 15.9 Å². The van der Waals surface area contributed by atoms with Crippen molar-refractivity contribution in [3.8, 4) is 17.8 Å². The predicted molar refractivity (Wildman–Crippen MR) is 128 cm³/mol. The number of amides is 1. The van der Waals surface area contributed by atoms with E-state index in [-0.39, 0.29) is 22.8 Å². The number of phenols is 1. The lowest BCUT2D eigenvalue weighted by atomic mass is 10.0. The van der Waals surface area contributed by atoms with Crippen LogP contribution in [-0.4, -0.2) is 59.6 Å². The highest BCUT2D eigenvalue weighted by molar-refractivity contribution is 7.99. The third-order valence-electron chi connectivity index (χ3n) is 5.29. The summed E-state index contributed by atoms with van der Waals surface area (Å²) in [6.45, 7) is 1.28. The molecular weight excluding hydrogens is 460 g/mol. The fraction of sp³-hybridized carbons (Fsp3) is 0.190. The Balaban J connectivity index is 1.54. The van der Waals surface area contributed by atoms with Gasteiger partial charge in [0.25, 0.3) is 11.9 Å². The number of carbonyl (C=O) groups excluding carboxylic acids is 1. The van der Waals surface area contributed by atoms with Gasteiger partial charge in [-0.3, -0.25) is 15.6 Å². The zero-order valence-electron chi connectivity index (χ0n) is 17.2. The van der Waals surface area contributed by atoms with Crippen molar-refractivity contribution in [3.63, 3.8) is 0 Å². The first-order valence-corrected chi connectivity index (χ1v) is 12.0. The molecule has 0 unspecified atom stereocenters. The Labute approximate surface area is 197 Å². The molecule has 1 aliphatic heterocycles. The number of hydrogen-bond acceptors (Lipinski definition) is 10. The van der Waals surface area contributed by atoms with Crippen LogP contribution >= 0.6 is 23.3 Å². The van der Waals surface area contributed by atoms with Crippen LogP contribution in [0, 0.1) is 11.3 Å². The van der Waals surface area contributed by atoms with E-state index in [1.54, 1.807) is 16.5 Å². The number of aromatic hydroxyl groups is 1. The summed E-state index contributed by atoms with van der Waals surface area (Å²) >= 11 is 2.97. The van der Waals surface area contributed by atoms with E-state index in [0.29, 0.717) is 35.9 Å². The summed E-state index contributed by atoms with van der Waals surface area (Å²) in [5.41, 5.74) is 8.33. The second-order valence-electron chi connectivity index (χ2n) is 7.19. The van der Waals surface area contributed by atoms with E-state index in [1.807, 2.05) is 36.0 Å². The number of nitrogens with one attached hydrogen (secondary N) is 2. The van der Waals surface area contributed by atoms with E-state index >= 15 is 0 Å². The summed E-state index contributed by atoms with van der Waals surface area (Å²) in [6, 6.07) is 11.2. The number of nitriles is 1. The van der Waals surface area contributed by atoms with E-state index in [0.717, 1.165) is 28.4 Å². The van der Waals surface area contributed by atoms with Gasteiger partial charge in [0.15, 0.2) is 11.6 Å². The third-order valence-corrected chi connectivity index (χ3v) is 6.70. The number of carbonyl (C=O) groups is 1. The minimum Gasteiger partial charge on any atom is -0.505 e. The molecule has 166 valence electrons. The van der Waals surface area contributed by atoms with E-state index in [2.05, 4.69) is 31.4 Å². The van der Waals surface area contributed by atoms with Crippen molar-refractivity contribution in [3.05, 3.63) is 53.2 Å². The summed E-state index contributed by atoms with van der Waals surface area (Å²) in [7, 11) is 0. The molecule has 1 amide bonds. The number of nitrogens with zero attached hydrogens (tertiary/aromatic N) is 6. The average Bonchev–Trinajstić information content (AvgIpc) is 3.53. The molecule has 0 radical (unpaired) electrons. The summed E-state index contributed by atoms with van der Waals surface area (Å²) in [5.74, 6) is 1.99. The molecule has 4 aromatic rings. The molecule has 12 heteroatoms. The Morgan fingerprint density at radius 3 is 2.79 bits per heavy atom. The van der Waals surface area contributed by atoms with Crippen LogP contribution in [0.5, 0.6) is 5.75 Å². The molecule has 5 rings (SSSR count). The third kappa shape index (κ3) is 3.92. The standard InChI is InChI=1S/C21H18N8O2S2/c22-10-14-11-24-29(21-23-12-33-27-21)19(14)26-25-17-15-4-2-1-3-13(15)9-16(18(17)30)20(31)28-5-7-32-8-6-28/h1-4,9,11-12,25-26,30H,5-8H2. The highest BCUT2D eigenvalue weighted by atomic mass is 32.2. The van der Waals surface area contributed by atoms with Crippen molar-refractivity contribution in [2.45, 2.75) is 0 Å². The first-order chi connectivity index (χ1) is 16.2. The van der Waals surface area contributed by atoms with Crippen LogP contribution in [0.15, 0.2) is 42.0 Å². The quantitative estimate of drug-likeness (QED) is 0.292. The van der Waals surface area contributed by atoms with Gasteiger partial charge in [-0.1, -0.05) is 24.3 Å². The number of hydrazine groups is 1. The van der Waals surface area contributed by atoms with Crippen LogP contribution < -0.4 is 10.9 Å². The number of thioether (sulfide) groups is 1. The Kier molecular flexibility index (Phi) is 5.72. The average molecular weight is 479 g/mol. The van der Waals surface area contributed by atoms with Crippen LogP contribution in [-0.2, 0) is 0 Å². The Morgan fingerprint density at radius 1 is 1.21 bits per heavy atom. The molecule has 1 fully saturated rings. The molecule has 10 nitrogen and oxygen atoms in total. The maximum atomic E-state index is 13.2. The number of anilines is 2. The van der Waals surface area contributed by atoms with Gasteiger partial charge in [-0.05, 0) is 23.0 Å². The van der Waals surface area contributed by atoms with Gasteiger partial charge in [-0.15, -0.1) is 0 Å². The fourth-order valence-corrected chi connectivity index (χ4v) is 4.96. The highest BCUT2D eigenvalue weighted by Crippen LogP contribution is 2.37. The minimum absolute atomic E-state index is 0.166. The number of phenolic OH excluding ortho intramolecular Hbond substituents is 1. The Bertz CT molecular complexity index is 1360. The Morgan fingerprint density at radius 2 is 2.03 bits per heavy atom. The van der Waals surface area contributed by atoms with Gasteiger partial charge in [-0.2, -0.15) is 31.2 Å². The topological polar surface area (TPSA) is 132 Å². The molecule has 3 N–H and O–H groups in total. The first-order valence-electron chi connectivity index (χ1n) is 10.1. The molecule has 0 atom stereocenters. The molecular formula is C21H18N8O2S2. The Hall–Kier alpha value is -3.82. The summed E-state index contributed by atoms with van der Waals surface area (Å²) in [4.78, 5) is 19.1. The molecule has 0 spiro atoms. The van der Waals surface area contributed by atoms with Crippen molar-refractivity contribution >= 4 is 51.5 Å². The smallest absolute Gasteiger partial charge is 0.264 e. The minimum atomic E-state index is -0.212.